The molecule has 2 rings (SSSR count). The lowest BCUT2D eigenvalue weighted by molar-refractivity contribution is -0.149. The maximum atomic E-state index is 11.5. The molecule has 2 unspecified atom stereocenters. The number of carboxylic acid groups (broad SMARTS) is 1. The van der Waals surface area contributed by atoms with Gasteiger partial charge in [-0.3, -0.25) is 4.79 Å². The van der Waals surface area contributed by atoms with Crippen LogP contribution in [0.15, 0.2) is 4.52 Å². The van der Waals surface area contributed by atoms with Gasteiger partial charge in [0, 0.05) is 12.3 Å². The summed E-state index contributed by atoms with van der Waals surface area (Å²) in [6.45, 7) is 6.06. The van der Waals surface area contributed by atoms with E-state index in [1.807, 2.05) is 13.8 Å². The maximum absolute atomic E-state index is 11.5. The first-order valence-corrected chi connectivity index (χ1v) is 8.06. The fourth-order valence-electron chi connectivity index (χ4n) is 3.34. The van der Waals surface area contributed by atoms with E-state index in [2.05, 4.69) is 17.1 Å². The largest absolute Gasteiger partial charge is 0.481 e. The highest BCUT2D eigenvalue weighted by Crippen LogP contribution is 2.35. The van der Waals surface area contributed by atoms with Crippen molar-refractivity contribution in [1.82, 2.24) is 10.1 Å². The third-order valence-corrected chi connectivity index (χ3v) is 5.08. The molecule has 1 aliphatic rings. The van der Waals surface area contributed by atoms with Gasteiger partial charge in [0.1, 0.15) is 0 Å². The van der Waals surface area contributed by atoms with Crippen LogP contribution >= 0.6 is 0 Å². The van der Waals surface area contributed by atoms with Crippen molar-refractivity contribution in [3.05, 3.63) is 11.7 Å². The van der Waals surface area contributed by atoms with Crippen LogP contribution in [-0.4, -0.2) is 21.2 Å². The fraction of sp³-hybridized carbons (Fsp3) is 0.812. The molecule has 5 nitrogen and oxygen atoms in total. The van der Waals surface area contributed by atoms with Crippen molar-refractivity contribution in [2.24, 2.45) is 11.3 Å². The van der Waals surface area contributed by atoms with Crippen molar-refractivity contribution in [1.29, 1.82) is 0 Å². The third kappa shape index (κ3) is 3.44. The molecular weight excluding hydrogens is 268 g/mol. The summed E-state index contributed by atoms with van der Waals surface area (Å²) in [5.41, 5.74) is -0.788. The van der Waals surface area contributed by atoms with Crippen LogP contribution in [0.2, 0.25) is 0 Å². The average Bonchev–Trinajstić information content (AvgIpc) is 2.93. The Bertz CT molecular complexity index is 480. The van der Waals surface area contributed by atoms with Crippen LogP contribution in [0.5, 0.6) is 0 Å². The van der Waals surface area contributed by atoms with E-state index >= 15 is 0 Å². The molecule has 2 atom stereocenters. The normalized spacial score (nSPS) is 23.2. The zero-order valence-corrected chi connectivity index (χ0v) is 13.3. The molecule has 1 heterocycles. The summed E-state index contributed by atoms with van der Waals surface area (Å²) in [7, 11) is 0. The van der Waals surface area contributed by atoms with Crippen molar-refractivity contribution >= 4 is 5.97 Å². The first-order chi connectivity index (χ1) is 10.0. The minimum Gasteiger partial charge on any atom is -0.481 e. The third-order valence-electron chi connectivity index (χ3n) is 5.08. The zero-order chi connectivity index (χ0) is 15.5. The van der Waals surface area contributed by atoms with Gasteiger partial charge >= 0.3 is 5.97 Å². The number of hydrogen-bond acceptors (Lipinski definition) is 4. The number of carbonyl (C=O) groups is 1. The van der Waals surface area contributed by atoms with Crippen LogP contribution in [0.3, 0.4) is 0 Å². The number of rotatable bonds is 6. The number of aromatic nitrogens is 2. The molecule has 0 amide bonds. The van der Waals surface area contributed by atoms with Gasteiger partial charge in [0.2, 0.25) is 5.89 Å². The fourth-order valence-corrected chi connectivity index (χ4v) is 3.34. The lowest BCUT2D eigenvalue weighted by Crippen LogP contribution is -2.32. The topological polar surface area (TPSA) is 76.2 Å². The van der Waals surface area contributed by atoms with E-state index in [1.54, 1.807) is 0 Å². The Kier molecular flexibility index (Phi) is 5.01. The second kappa shape index (κ2) is 6.58. The molecule has 1 saturated carbocycles. The molecular formula is C16H26N2O3. The van der Waals surface area contributed by atoms with Gasteiger partial charge in [-0.15, -0.1) is 0 Å². The molecule has 1 aliphatic carbocycles. The SMILES string of the molecule is CCC(CC)(Cc1nc(C2CCCC(C)C2)no1)C(=O)O. The van der Waals surface area contributed by atoms with Crippen molar-refractivity contribution < 1.29 is 14.4 Å². The summed E-state index contributed by atoms with van der Waals surface area (Å²) < 4.78 is 5.34. The monoisotopic (exact) mass is 294 g/mol. The average molecular weight is 294 g/mol. The van der Waals surface area contributed by atoms with Gasteiger partial charge in [-0.25, -0.2) is 0 Å². The highest BCUT2D eigenvalue weighted by molar-refractivity contribution is 5.74. The molecule has 1 aromatic heterocycles. The van der Waals surface area contributed by atoms with E-state index in [0.717, 1.165) is 18.7 Å². The number of carboxylic acids is 1. The molecule has 1 aromatic rings. The van der Waals surface area contributed by atoms with Crippen LogP contribution in [-0.2, 0) is 11.2 Å². The predicted octanol–water partition coefficient (Wildman–Crippen LogP) is 3.80. The lowest BCUT2D eigenvalue weighted by Gasteiger charge is -2.25. The highest BCUT2D eigenvalue weighted by Gasteiger charge is 2.37. The second-order valence-electron chi connectivity index (χ2n) is 6.48. The summed E-state index contributed by atoms with van der Waals surface area (Å²) in [5, 5.41) is 13.6. The molecule has 0 aliphatic heterocycles. The van der Waals surface area contributed by atoms with Crippen LogP contribution in [0.25, 0.3) is 0 Å². The summed E-state index contributed by atoms with van der Waals surface area (Å²) in [4.78, 5) is 16.0. The van der Waals surface area contributed by atoms with Gasteiger partial charge in [0.15, 0.2) is 5.82 Å². The van der Waals surface area contributed by atoms with Gasteiger partial charge in [-0.05, 0) is 31.6 Å². The highest BCUT2D eigenvalue weighted by atomic mass is 16.5. The van der Waals surface area contributed by atoms with E-state index in [4.69, 9.17) is 4.52 Å². The van der Waals surface area contributed by atoms with Crippen molar-refractivity contribution in [2.75, 3.05) is 0 Å². The molecule has 0 saturated heterocycles. The molecule has 1 fully saturated rings. The molecule has 0 aromatic carbocycles. The van der Waals surface area contributed by atoms with E-state index in [0.29, 0.717) is 37.0 Å². The van der Waals surface area contributed by atoms with Gasteiger partial charge in [0.05, 0.1) is 5.41 Å². The first-order valence-electron chi connectivity index (χ1n) is 8.06. The van der Waals surface area contributed by atoms with Gasteiger partial charge in [0.25, 0.3) is 0 Å². The Morgan fingerprint density at radius 1 is 1.38 bits per heavy atom. The zero-order valence-electron chi connectivity index (χ0n) is 13.3. The number of hydrogen-bond donors (Lipinski definition) is 1. The molecule has 118 valence electrons. The molecule has 1 N–H and O–H groups in total. The Balaban J connectivity index is 2.10. The van der Waals surface area contributed by atoms with Crippen molar-refractivity contribution in [3.8, 4) is 0 Å². The van der Waals surface area contributed by atoms with Crippen LogP contribution < -0.4 is 0 Å². The van der Waals surface area contributed by atoms with Crippen LogP contribution in [0.4, 0.5) is 0 Å². The van der Waals surface area contributed by atoms with Gasteiger partial charge in [-0.2, -0.15) is 4.98 Å². The number of aliphatic carboxylic acids is 1. The summed E-state index contributed by atoms with van der Waals surface area (Å²) >= 11 is 0. The minimum absolute atomic E-state index is 0.324. The maximum Gasteiger partial charge on any atom is 0.310 e. The smallest absolute Gasteiger partial charge is 0.310 e. The van der Waals surface area contributed by atoms with Crippen molar-refractivity contribution in [3.63, 3.8) is 0 Å². The Morgan fingerprint density at radius 3 is 2.67 bits per heavy atom. The Hall–Kier alpha value is -1.39. The second-order valence-corrected chi connectivity index (χ2v) is 6.48. The molecule has 5 heteroatoms. The minimum atomic E-state index is -0.788. The van der Waals surface area contributed by atoms with E-state index in [-0.39, 0.29) is 0 Å². The Labute approximate surface area is 126 Å². The predicted molar refractivity (Wildman–Crippen MR) is 79.0 cm³/mol. The van der Waals surface area contributed by atoms with Crippen LogP contribution in [0, 0.1) is 11.3 Å². The number of nitrogens with zero attached hydrogens (tertiary/aromatic N) is 2. The Morgan fingerprint density at radius 2 is 2.10 bits per heavy atom. The summed E-state index contributed by atoms with van der Waals surface area (Å²) in [5.74, 6) is 1.53. The van der Waals surface area contributed by atoms with Gasteiger partial charge < -0.3 is 9.63 Å². The first kappa shape index (κ1) is 16.0. The van der Waals surface area contributed by atoms with E-state index in [9.17, 15) is 9.90 Å². The lowest BCUT2D eigenvalue weighted by atomic mass is 9.79. The van der Waals surface area contributed by atoms with E-state index in [1.165, 1.54) is 12.8 Å². The standard InChI is InChI=1S/C16H26N2O3/c1-4-16(5-2,15(19)20)10-13-17-14(18-21-13)12-8-6-7-11(3)9-12/h11-12H,4-10H2,1-3H3,(H,19,20). The van der Waals surface area contributed by atoms with Crippen molar-refractivity contribution in [2.45, 2.75) is 71.6 Å². The molecule has 0 spiro atoms. The quantitative estimate of drug-likeness (QED) is 0.863. The van der Waals surface area contributed by atoms with Gasteiger partial charge in [-0.1, -0.05) is 38.8 Å². The molecule has 21 heavy (non-hydrogen) atoms. The van der Waals surface area contributed by atoms with Crippen LogP contribution in [0.1, 0.15) is 76.9 Å². The molecule has 0 radical (unpaired) electrons. The van der Waals surface area contributed by atoms with E-state index < -0.39 is 11.4 Å². The molecule has 0 bridgehead atoms. The summed E-state index contributed by atoms with van der Waals surface area (Å²) in [6.07, 6.45) is 6.14. The summed E-state index contributed by atoms with van der Waals surface area (Å²) in [6, 6.07) is 0.